The van der Waals surface area contributed by atoms with Gasteiger partial charge in [0.25, 0.3) is 5.91 Å². The van der Waals surface area contributed by atoms with E-state index in [-0.39, 0.29) is 12.3 Å². The van der Waals surface area contributed by atoms with E-state index in [0.717, 1.165) is 0 Å². The number of rotatable bonds is 5. The Labute approximate surface area is 84.8 Å². The monoisotopic (exact) mass is 214 g/mol. The first-order chi connectivity index (χ1) is 6.70. The van der Waals surface area contributed by atoms with Crippen LogP contribution in [0.15, 0.2) is 11.6 Å². The minimum atomic E-state index is -0.853. The van der Waals surface area contributed by atoms with Gasteiger partial charge < -0.3 is 10.4 Å². The van der Waals surface area contributed by atoms with E-state index in [2.05, 4.69) is 10.3 Å². The van der Waals surface area contributed by atoms with Gasteiger partial charge in [0, 0.05) is 24.5 Å². The smallest absolute Gasteiger partial charge is 0.303 e. The van der Waals surface area contributed by atoms with Gasteiger partial charge in [0.05, 0.1) is 0 Å². The van der Waals surface area contributed by atoms with Crippen LogP contribution in [0.5, 0.6) is 0 Å². The zero-order chi connectivity index (χ0) is 10.4. The average Bonchev–Trinajstić information content (AvgIpc) is 2.64. The van der Waals surface area contributed by atoms with Crippen LogP contribution in [-0.4, -0.2) is 28.5 Å². The summed E-state index contributed by atoms with van der Waals surface area (Å²) in [5, 5.41) is 13.0. The molecule has 1 amide bonds. The Hall–Kier alpha value is -1.43. The molecule has 0 aromatic carbocycles. The maximum absolute atomic E-state index is 11.2. The zero-order valence-electron chi connectivity index (χ0n) is 7.40. The molecule has 1 rings (SSSR count). The number of carboxylic acid groups (broad SMARTS) is 1. The molecule has 0 bridgehead atoms. The van der Waals surface area contributed by atoms with Crippen molar-refractivity contribution in [2.24, 2.45) is 0 Å². The minimum Gasteiger partial charge on any atom is -0.481 e. The van der Waals surface area contributed by atoms with E-state index in [4.69, 9.17) is 5.11 Å². The summed E-state index contributed by atoms with van der Waals surface area (Å²) >= 11 is 1.26. The second-order valence-electron chi connectivity index (χ2n) is 2.59. The molecule has 0 aliphatic heterocycles. The Bertz CT molecular complexity index is 310. The van der Waals surface area contributed by atoms with Crippen molar-refractivity contribution in [1.82, 2.24) is 10.3 Å². The molecule has 14 heavy (non-hydrogen) atoms. The Morgan fingerprint density at radius 1 is 1.57 bits per heavy atom. The van der Waals surface area contributed by atoms with Gasteiger partial charge in [-0.1, -0.05) is 0 Å². The highest BCUT2D eigenvalue weighted by atomic mass is 32.1. The van der Waals surface area contributed by atoms with Gasteiger partial charge in [-0.05, 0) is 6.42 Å². The van der Waals surface area contributed by atoms with Crippen molar-refractivity contribution in [1.29, 1.82) is 0 Å². The van der Waals surface area contributed by atoms with E-state index in [1.165, 1.54) is 11.3 Å². The number of nitrogens with one attached hydrogen (secondary N) is 1. The molecule has 0 aliphatic rings. The van der Waals surface area contributed by atoms with E-state index in [1.807, 2.05) is 0 Å². The topological polar surface area (TPSA) is 79.3 Å². The van der Waals surface area contributed by atoms with Gasteiger partial charge in [-0.15, -0.1) is 11.3 Å². The van der Waals surface area contributed by atoms with E-state index in [0.29, 0.717) is 18.0 Å². The fraction of sp³-hybridized carbons (Fsp3) is 0.375. The van der Waals surface area contributed by atoms with Crippen molar-refractivity contribution < 1.29 is 14.7 Å². The molecule has 0 aliphatic carbocycles. The van der Waals surface area contributed by atoms with Gasteiger partial charge in [-0.3, -0.25) is 9.59 Å². The van der Waals surface area contributed by atoms with Gasteiger partial charge in [0.2, 0.25) is 0 Å². The fourth-order valence-corrected chi connectivity index (χ4v) is 1.40. The van der Waals surface area contributed by atoms with Crippen LogP contribution >= 0.6 is 11.3 Å². The molecule has 1 aromatic heterocycles. The molecule has 5 nitrogen and oxygen atoms in total. The van der Waals surface area contributed by atoms with E-state index in [9.17, 15) is 9.59 Å². The summed E-state index contributed by atoms with van der Waals surface area (Å²) in [4.78, 5) is 25.2. The Morgan fingerprint density at radius 3 is 2.93 bits per heavy atom. The average molecular weight is 214 g/mol. The molecule has 1 aromatic rings. The molecule has 0 saturated carbocycles. The third kappa shape index (κ3) is 3.53. The molecule has 2 N–H and O–H groups in total. The van der Waals surface area contributed by atoms with Gasteiger partial charge in [0.1, 0.15) is 0 Å². The minimum absolute atomic E-state index is 0.0676. The number of carbonyl (C=O) groups is 2. The number of aliphatic carboxylic acids is 1. The lowest BCUT2D eigenvalue weighted by Crippen LogP contribution is -2.24. The predicted octanol–water partition coefficient (Wildman–Crippen LogP) is 0.738. The van der Waals surface area contributed by atoms with Crippen molar-refractivity contribution in [2.75, 3.05) is 6.54 Å². The standard InChI is InChI=1S/C8H10N2O3S/c11-6(12)2-1-3-9-7(13)8-10-4-5-14-8/h4-5H,1-3H2,(H,9,13)(H,11,12). The van der Waals surface area contributed by atoms with Crippen molar-refractivity contribution >= 4 is 23.2 Å². The van der Waals surface area contributed by atoms with Gasteiger partial charge in [0.15, 0.2) is 5.01 Å². The molecule has 0 unspecified atom stereocenters. The molecule has 76 valence electrons. The van der Waals surface area contributed by atoms with Crippen LogP contribution in [0, 0.1) is 0 Å². The highest BCUT2D eigenvalue weighted by Gasteiger charge is 2.06. The lowest BCUT2D eigenvalue weighted by atomic mass is 10.3. The number of amides is 1. The third-order valence-corrected chi connectivity index (χ3v) is 2.25. The predicted molar refractivity (Wildman–Crippen MR) is 51.3 cm³/mol. The molecule has 0 spiro atoms. The van der Waals surface area contributed by atoms with Crippen molar-refractivity contribution in [3.8, 4) is 0 Å². The van der Waals surface area contributed by atoms with Crippen LogP contribution < -0.4 is 5.32 Å². The van der Waals surface area contributed by atoms with Crippen LogP contribution in [0.2, 0.25) is 0 Å². The maximum atomic E-state index is 11.2. The van der Waals surface area contributed by atoms with Crippen LogP contribution in [0.3, 0.4) is 0 Å². The summed E-state index contributed by atoms with van der Waals surface area (Å²) in [5.41, 5.74) is 0. The highest BCUT2D eigenvalue weighted by molar-refractivity contribution is 7.11. The number of nitrogens with zero attached hydrogens (tertiary/aromatic N) is 1. The molecular formula is C8H10N2O3S. The number of aromatic nitrogens is 1. The number of carboxylic acids is 1. The Balaban J connectivity index is 2.19. The second kappa shape index (κ2) is 5.33. The molecule has 6 heteroatoms. The van der Waals surface area contributed by atoms with Gasteiger partial charge in [-0.25, -0.2) is 4.98 Å². The number of hydrogen-bond acceptors (Lipinski definition) is 4. The lowest BCUT2D eigenvalue weighted by Gasteiger charge is -2.00. The Morgan fingerprint density at radius 2 is 2.36 bits per heavy atom. The molecular weight excluding hydrogens is 204 g/mol. The van der Waals surface area contributed by atoms with E-state index in [1.54, 1.807) is 11.6 Å². The van der Waals surface area contributed by atoms with Crippen LogP contribution in [-0.2, 0) is 4.79 Å². The second-order valence-corrected chi connectivity index (χ2v) is 3.49. The zero-order valence-corrected chi connectivity index (χ0v) is 8.21. The highest BCUT2D eigenvalue weighted by Crippen LogP contribution is 2.02. The fourth-order valence-electron chi connectivity index (χ4n) is 0.853. The van der Waals surface area contributed by atoms with E-state index >= 15 is 0 Å². The van der Waals surface area contributed by atoms with E-state index < -0.39 is 5.97 Å². The third-order valence-electron chi connectivity index (χ3n) is 1.48. The normalized spacial score (nSPS) is 9.71. The lowest BCUT2D eigenvalue weighted by molar-refractivity contribution is -0.137. The summed E-state index contributed by atoms with van der Waals surface area (Å²) in [6.45, 7) is 0.366. The van der Waals surface area contributed by atoms with Crippen LogP contribution in [0.4, 0.5) is 0 Å². The van der Waals surface area contributed by atoms with Crippen molar-refractivity contribution in [3.63, 3.8) is 0 Å². The van der Waals surface area contributed by atoms with Crippen molar-refractivity contribution in [3.05, 3.63) is 16.6 Å². The van der Waals surface area contributed by atoms with Gasteiger partial charge >= 0.3 is 5.97 Å². The van der Waals surface area contributed by atoms with Crippen molar-refractivity contribution in [2.45, 2.75) is 12.8 Å². The first kappa shape index (κ1) is 10.6. The summed E-state index contributed by atoms with van der Waals surface area (Å²) in [7, 11) is 0. The summed E-state index contributed by atoms with van der Waals surface area (Å²) in [6.07, 6.45) is 2.06. The summed E-state index contributed by atoms with van der Waals surface area (Å²) in [6, 6.07) is 0. The van der Waals surface area contributed by atoms with Crippen LogP contribution in [0.1, 0.15) is 22.6 Å². The summed E-state index contributed by atoms with van der Waals surface area (Å²) < 4.78 is 0. The molecule has 0 radical (unpaired) electrons. The van der Waals surface area contributed by atoms with Crippen LogP contribution in [0.25, 0.3) is 0 Å². The maximum Gasteiger partial charge on any atom is 0.303 e. The summed E-state index contributed by atoms with van der Waals surface area (Å²) in [5.74, 6) is -1.10. The SMILES string of the molecule is O=C(O)CCCNC(=O)c1nccs1. The first-order valence-corrected chi connectivity index (χ1v) is 4.97. The Kier molecular flexibility index (Phi) is 4.06. The van der Waals surface area contributed by atoms with Gasteiger partial charge in [-0.2, -0.15) is 0 Å². The quantitative estimate of drug-likeness (QED) is 0.708. The molecule has 1 heterocycles. The molecule has 0 fully saturated rings. The molecule has 0 saturated heterocycles. The number of hydrogen-bond donors (Lipinski definition) is 2. The number of carbonyl (C=O) groups excluding carboxylic acids is 1. The number of thiazole rings is 1. The largest absolute Gasteiger partial charge is 0.481 e. The first-order valence-electron chi connectivity index (χ1n) is 4.09. The molecule has 0 atom stereocenters.